The molecule has 1 saturated carbocycles. The lowest BCUT2D eigenvalue weighted by molar-refractivity contribution is 0.332. The molecule has 1 fully saturated rings. The molecule has 0 N–H and O–H groups in total. The highest BCUT2D eigenvalue weighted by molar-refractivity contribution is 5.12. The summed E-state index contributed by atoms with van der Waals surface area (Å²) in [5.74, 6) is 1.03. The molecular formula is C15H21. The van der Waals surface area contributed by atoms with Gasteiger partial charge in [-0.15, -0.1) is 0 Å². The standard InChI is InChI=1S/C15H21/c1-3-8-14(9-4-1)12-7-13-15-10-5-2-6-11-15/h1,3-4,8,15H,2,5-7,10-13H2. The second-order valence-corrected chi connectivity index (χ2v) is 4.78. The Balaban J connectivity index is 1.66. The maximum absolute atomic E-state index is 3.31. The van der Waals surface area contributed by atoms with Gasteiger partial charge in [0.25, 0.3) is 0 Å². The van der Waals surface area contributed by atoms with Gasteiger partial charge in [-0.25, -0.2) is 0 Å². The average Bonchev–Trinajstić information content (AvgIpc) is 2.32. The predicted octanol–water partition coefficient (Wildman–Crippen LogP) is 4.39. The van der Waals surface area contributed by atoms with Gasteiger partial charge in [0.15, 0.2) is 0 Å². The van der Waals surface area contributed by atoms with Crippen molar-refractivity contribution < 1.29 is 0 Å². The zero-order chi connectivity index (χ0) is 10.3. The van der Waals surface area contributed by atoms with E-state index < -0.39 is 0 Å². The number of aryl methyl sites for hydroxylation is 1. The minimum absolute atomic E-state index is 1.03. The Morgan fingerprint density at radius 1 is 1.13 bits per heavy atom. The molecule has 0 heteroatoms. The van der Waals surface area contributed by atoms with E-state index in [4.69, 9.17) is 0 Å². The van der Waals surface area contributed by atoms with E-state index in [0.717, 1.165) is 5.92 Å². The molecule has 0 heterocycles. The highest BCUT2D eigenvalue weighted by atomic mass is 14.2. The van der Waals surface area contributed by atoms with Gasteiger partial charge in [-0.3, -0.25) is 0 Å². The van der Waals surface area contributed by atoms with Gasteiger partial charge in [0.2, 0.25) is 0 Å². The lowest BCUT2D eigenvalue weighted by Crippen LogP contribution is -2.06. The third-order valence-corrected chi connectivity index (χ3v) is 3.56. The van der Waals surface area contributed by atoms with Crippen LogP contribution in [0, 0.1) is 12.0 Å². The monoisotopic (exact) mass is 201 g/mol. The van der Waals surface area contributed by atoms with E-state index >= 15 is 0 Å². The second kappa shape index (κ2) is 5.95. The Kier molecular flexibility index (Phi) is 4.25. The molecular weight excluding hydrogens is 180 g/mol. The third kappa shape index (κ3) is 3.70. The van der Waals surface area contributed by atoms with Gasteiger partial charge >= 0.3 is 0 Å². The summed E-state index contributed by atoms with van der Waals surface area (Å²) in [6.45, 7) is 0. The first-order valence-electron chi connectivity index (χ1n) is 6.41. The normalized spacial score (nSPS) is 17.9. The van der Waals surface area contributed by atoms with E-state index in [2.05, 4.69) is 18.2 Å². The average molecular weight is 201 g/mol. The Bertz CT molecular complexity index is 257. The van der Waals surface area contributed by atoms with Crippen LogP contribution in [-0.4, -0.2) is 0 Å². The van der Waals surface area contributed by atoms with Gasteiger partial charge in [0.1, 0.15) is 0 Å². The van der Waals surface area contributed by atoms with Crippen LogP contribution in [0.1, 0.15) is 50.5 Å². The van der Waals surface area contributed by atoms with Crippen molar-refractivity contribution in [3.05, 3.63) is 35.9 Å². The summed E-state index contributed by atoms with van der Waals surface area (Å²) in [5.41, 5.74) is 1.38. The molecule has 15 heavy (non-hydrogen) atoms. The third-order valence-electron chi connectivity index (χ3n) is 3.56. The molecule has 0 unspecified atom stereocenters. The van der Waals surface area contributed by atoms with Crippen LogP contribution in [0.5, 0.6) is 0 Å². The first-order valence-corrected chi connectivity index (χ1v) is 6.41. The van der Waals surface area contributed by atoms with Crippen LogP contribution < -0.4 is 0 Å². The highest BCUT2D eigenvalue weighted by Gasteiger charge is 2.12. The van der Waals surface area contributed by atoms with Crippen LogP contribution in [-0.2, 0) is 6.42 Å². The van der Waals surface area contributed by atoms with Crippen molar-refractivity contribution in [1.29, 1.82) is 0 Å². The van der Waals surface area contributed by atoms with E-state index in [1.54, 1.807) is 0 Å². The maximum Gasteiger partial charge on any atom is -0.0149 e. The van der Waals surface area contributed by atoms with Crippen LogP contribution >= 0.6 is 0 Å². The maximum atomic E-state index is 3.31. The summed E-state index contributed by atoms with van der Waals surface area (Å²) < 4.78 is 0. The van der Waals surface area contributed by atoms with Crippen molar-refractivity contribution >= 4 is 0 Å². The molecule has 1 aliphatic rings. The number of benzene rings is 1. The molecule has 0 amide bonds. The molecule has 1 aromatic rings. The van der Waals surface area contributed by atoms with Crippen molar-refractivity contribution in [2.45, 2.75) is 51.4 Å². The number of hydrogen-bond donors (Lipinski definition) is 0. The zero-order valence-electron chi connectivity index (χ0n) is 9.54. The first-order chi connectivity index (χ1) is 7.45. The number of rotatable bonds is 4. The molecule has 81 valence electrons. The lowest BCUT2D eigenvalue weighted by atomic mass is 9.85. The van der Waals surface area contributed by atoms with Crippen molar-refractivity contribution in [2.24, 2.45) is 5.92 Å². The Morgan fingerprint density at radius 2 is 2.00 bits per heavy atom. The molecule has 1 radical (unpaired) electrons. The summed E-state index contributed by atoms with van der Waals surface area (Å²) in [6.07, 6.45) is 11.4. The minimum atomic E-state index is 1.03. The molecule has 0 spiro atoms. The van der Waals surface area contributed by atoms with Gasteiger partial charge in [-0.05, 0) is 30.4 Å². The highest BCUT2D eigenvalue weighted by Crippen LogP contribution is 2.27. The topological polar surface area (TPSA) is 0 Å². The van der Waals surface area contributed by atoms with E-state index in [0.29, 0.717) is 0 Å². The Hall–Kier alpha value is -0.780. The largest absolute Gasteiger partial charge is 0.0620 e. The smallest absolute Gasteiger partial charge is 0.0149 e. The fourth-order valence-corrected chi connectivity index (χ4v) is 2.64. The van der Waals surface area contributed by atoms with Crippen LogP contribution in [0.15, 0.2) is 24.3 Å². The van der Waals surface area contributed by atoms with Crippen LogP contribution in [0.4, 0.5) is 0 Å². The van der Waals surface area contributed by atoms with Gasteiger partial charge in [-0.2, -0.15) is 0 Å². The van der Waals surface area contributed by atoms with E-state index in [1.165, 1.54) is 56.9 Å². The van der Waals surface area contributed by atoms with E-state index in [-0.39, 0.29) is 0 Å². The molecule has 0 bridgehead atoms. The Labute approximate surface area is 93.7 Å². The van der Waals surface area contributed by atoms with Crippen molar-refractivity contribution in [3.63, 3.8) is 0 Å². The molecule has 0 aromatic heterocycles. The lowest BCUT2D eigenvalue weighted by Gasteiger charge is -2.21. The van der Waals surface area contributed by atoms with Crippen LogP contribution in [0.2, 0.25) is 0 Å². The predicted molar refractivity (Wildman–Crippen MR) is 64.8 cm³/mol. The number of hydrogen-bond acceptors (Lipinski definition) is 0. The summed E-state index contributed by atoms with van der Waals surface area (Å²) in [5, 5.41) is 0. The van der Waals surface area contributed by atoms with Crippen molar-refractivity contribution in [2.75, 3.05) is 0 Å². The van der Waals surface area contributed by atoms with Gasteiger partial charge in [0.05, 0.1) is 0 Å². The van der Waals surface area contributed by atoms with E-state index in [9.17, 15) is 0 Å². The second-order valence-electron chi connectivity index (χ2n) is 4.78. The SMILES string of the molecule is [c]1ccccc1CCCC1CCCCC1. The van der Waals surface area contributed by atoms with Gasteiger partial charge in [-0.1, -0.05) is 62.8 Å². The van der Waals surface area contributed by atoms with Crippen LogP contribution in [0.25, 0.3) is 0 Å². The summed E-state index contributed by atoms with van der Waals surface area (Å²) in [4.78, 5) is 0. The van der Waals surface area contributed by atoms with Crippen LogP contribution in [0.3, 0.4) is 0 Å². The van der Waals surface area contributed by atoms with Crippen molar-refractivity contribution in [1.82, 2.24) is 0 Å². The fourth-order valence-electron chi connectivity index (χ4n) is 2.64. The Morgan fingerprint density at radius 3 is 2.73 bits per heavy atom. The molecule has 1 aromatic carbocycles. The quantitative estimate of drug-likeness (QED) is 0.677. The minimum Gasteiger partial charge on any atom is -0.0620 e. The summed E-state index contributed by atoms with van der Waals surface area (Å²) in [7, 11) is 0. The summed E-state index contributed by atoms with van der Waals surface area (Å²) >= 11 is 0. The van der Waals surface area contributed by atoms with Gasteiger partial charge in [0, 0.05) is 0 Å². The first kappa shape index (κ1) is 10.7. The zero-order valence-corrected chi connectivity index (χ0v) is 9.54. The molecule has 0 atom stereocenters. The molecule has 0 aliphatic heterocycles. The fraction of sp³-hybridized carbons (Fsp3) is 0.600. The molecule has 0 saturated heterocycles. The van der Waals surface area contributed by atoms with Crippen molar-refractivity contribution in [3.8, 4) is 0 Å². The summed E-state index contributed by atoms with van der Waals surface area (Å²) in [6, 6.07) is 11.7. The molecule has 1 aliphatic carbocycles. The molecule has 0 nitrogen and oxygen atoms in total. The molecule has 2 rings (SSSR count). The van der Waals surface area contributed by atoms with Gasteiger partial charge < -0.3 is 0 Å². The van der Waals surface area contributed by atoms with E-state index in [1.807, 2.05) is 12.1 Å².